The zero-order valence-corrected chi connectivity index (χ0v) is 10.0. The summed E-state index contributed by atoms with van der Waals surface area (Å²) in [7, 11) is 4.05. The molecule has 7 heteroatoms. The minimum absolute atomic E-state index is 0.619. The molecule has 102 valence electrons. The molecule has 0 fully saturated rings. The van der Waals surface area contributed by atoms with Crippen LogP contribution in [-0.2, 0) is 11.3 Å². The molecule has 1 aromatic rings. The van der Waals surface area contributed by atoms with Crippen LogP contribution in [0.4, 0.5) is 18.9 Å². The Balaban J connectivity index is 0.000000360. The Morgan fingerprint density at radius 3 is 1.89 bits per heavy atom. The molecule has 0 aliphatic carbocycles. The third kappa shape index (κ3) is 6.09. The molecule has 0 amide bonds. The molecule has 0 aromatic heterocycles. The van der Waals surface area contributed by atoms with E-state index in [0.29, 0.717) is 6.54 Å². The molecule has 1 aromatic carbocycles. The van der Waals surface area contributed by atoms with Crippen molar-refractivity contribution < 1.29 is 23.1 Å². The molecule has 3 N–H and O–H groups in total. The number of rotatable bonds is 2. The maximum atomic E-state index is 10.6. The SMILES string of the molecule is CN(C)c1ccc(CN)cc1.O=C(O)C(F)(F)F. The first kappa shape index (κ1) is 16.2. The third-order valence-electron chi connectivity index (χ3n) is 1.93. The highest BCUT2D eigenvalue weighted by molar-refractivity contribution is 5.73. The zero-order chi connectivity index (χ0) is 14.3. The van der Waals surface area contributed by atoms with Crippen molar-refractivity contribution in [2.75, 3.05) is 19.0 Å². The molecule has 0 unspecified atom stereocenters. The van der Waals surface area contributed by atoms with Crippen molar-refractivity contribution in [1.29, 1.82) is 0 Å². The average molecular weight is 264 g/mol. The van der Waals surface area contributed by atoms with Gasteiger partial charge < -0.3 is 15.7 Å². The molecule has 0 bridgehead atoms. The molecule has 0 atom stereocenters. The Bertz CT molecular complexity index is 375. The monoisotopic (exact) mass is 264 g/mol. The minimum Gasteiger partial charge on any atom is -0.475 e. The molecule has 0 heterocycles. The Hall–Kier alpha value is -1.76. The first-order valence-electron chi connectivity index (χ1n) is 4.95. The second-order valence-corrected chi connectivity index (χ2v) is 3.57. The highest BCUT2D eigenvalue weighted by Gasteiger charge is 2.38. The fraction of sp³-hybridized carbons (Fsp3) is 0.364. The number of halogens is 3. The predicted octanol–water partition coefficient (Wildman–Crippen LogP) is 1.84. The molecule has 0 saturated carbocycles. The van der Waals surface area contributed by atoms with Gasteiger partial charge in [-0.3, -0.25) is 0 Å². The third-order valence-corrected chi connectivity index (χ3v) is 1.93. The number of aliphatic carboxylic acids is 1. The van der Waals surface area contributed by atoms with Gasteiger partial charge in [0.1, 0.15) is 0 Å². The van der Waals surface area contributed by atoms with Gasteiger partial charge in [-0.05, 0) is 17.7 Å². The lowest BCUT2D eigenvalue weighted by Crippen LogP contribution is -2.21. The first-order chi connectivity index (χ1) is 8.18. The Labute approximate surface area is 103 Å². The lowest BCUT2D eigenvalue weighted by molar-refractivity contribution is -0.192. The van der Waals surface area contributed by atoms with Crippen molar-refractivity contribution in [3.63, 3.8) is 0 Å². The maximum absolute atomic E-state index is 10.6. The summed E-state index contributed by atoms with van der Waals surface area (Å²) < 4.78 is 31.7. The van der Waals surface area contributed by atoms with E-state index in [1.54, 1.807) is 0 Å². The van der Waals surface area contributed by atoms with Crippen molar-refractivity contribution in [2.24, 2.45) is 5.73 Å². The zero-order valence-electron chi connectivity index (χ0n) is 10.0. The Morgan fingerprint density at radius 2 is 1.67 bits per heavy atom. The molecule has 0 spiro atoms. The Kier molecular flexibility index (Phi) is 6.18. The summed E-state index contributed by atoms with van der Waals surface area (Å²) in [6.07, 6.45) is -5.08. The van der Waals surface area contributed by atoms with E-state index >= 15 is 0 Å². The normalized spacial score (nSPS) is 10.3. The van der Waals surface area contributed by atoms with Gasteiger partial charge in [0.15, 0.2) is 0 Å². The van der Waals surface area contributed by atoms with Crippen LogP contribution in [0.3, 0.4) is 0 Å². The van der Waals surface area contributed by atoms with Gasteiger partial charge in [0.25, 0.3) is 0 Å². The van der Waals surface area contributed by atoms with Gasteiger partial charge in [0.2, 0.25) is 0 Å². The van der Waals surface area contributed by atoms with Gasteiger partial charge in [-0.15, -0.1) is 0 Å². The number of alkyl halides is 3. The molecule has 0 aliphatic rings. The summed E-state index contributed by atoms with van der Waals surface area (Å²) in [5.74, 6) is -2.76. The number of anilines is 1. The summed E-state index contributed by atoms with van der Waals surface area (Å²) >= 11 is 0. The number of carbonyl (C=O) groups is 1. The van der Waals surface area contributed by atoms with E-state index in [1.807, 2.05) is 14.1 Å². The highest BCUT2D eigenvalue weighted by Crippen LogP contribution is 2.13. The highest BCUT2D eigenvalue weighted by atomic mass is 19.4. The summed E-state index contributed by atoms with van der Waals surface area (Å²) in [5.41, 5.74) is 7.85. The maximum Gasteiger partial charge on any atom is 0.490 e. The van der Waals surface area contributed by atoms with Crippen LogP contribution < -0.4 is 10.6 Å². The summed E-state index contributed by atoms with van der Waals surface area (Å²) in [4.78, 5) is 11.0. The second kappa shape index (κ2) is 6.85. The summed E-state index contributed by atoms with van der Waals surface area (Å²) in [6.45, 7) is 0.619. The number of carboxylic acids is 1. The van der Waals surface area contributed by atoms with E-state index < -0.39 is 12.1 Å². The number of carboxylic acid groups (broad SMARTS) is 1. The standard InChI is InChI=1S/C9H14N2.C2HF3O2/c1-11(2)9-5-3-8(7-10)4-6-9;3-2(4,5)1(6)7/h3-6H,7,10H2,1-2H3;(H,6,7). The van der Waals surface area contributed by atoms with Gasteiger partial charge in [0.05, 0.1) is 0 Å². The van der Waals surface area contributed by atoms with Crippen molar-refractivity contribution in [3.05, 3.63) is 29.8 Å². The van der Waals surface area contributed by atoms with Crippen LogP contribution in [-0.4, -0.2) is 31.3 Å². The molecule has 0 saturated heterocycles. The first-order valence-corrected chi connectivity index (χ1v) is 4.95. The summed E-state index contributed by atoms with van der Waals surface area (Å²) in [5, 5.41) is 7.12. The quantitative estimate of drug-likeness (QED) is 0.855. The van der Waals surface area contributed by atoms with Crippen LogP contribution in [0.1, 0.15) is 5.56 Å². The number of nitrogens with zero attached hydrogens (tertiary/aromatic N) is 1. The average Bonchev–Trinajstić information content (AvgIpc) is 2.28. The topological polar surface area (TPSA) is 66.6 Å². The van der Waals surface area contributed by atoms with Gasteiger partial charge in [0, 0.05) is 26.3 Å². The smallest absolute Gasteiger partial charge is 0.475 e. The van der Waals surface area contributed by atoms with Crippen LogP contribution in [0.15, 0.2) is 24.3 Å². The van der Waals surface area contributed by atoms with Crippen LogP contribution in [0.2, 0.25) is 0 Å². The van der Waals surface area contributed by atoms with Crippen molar-refractivity contribution >= 4 is 11.7 Å². The van der Waals surface area contributed by atoms with Crippen LogP contribution in [0.25, 0.3) is 0 Å². The Morgan fingerprint density at radius 1 is 1.28 bits per heavy atom. The summed E-state index contributed by atoms with van der Waals surface area (Å²) in [6, 6.07) is 8.25. The minimum atomic E-state index is -5.08. The molecular weight excluding hydrogens is 249 g/mol. The van der Waals surface area contributed by atoms with E-state index in [1.165, 1.54) is 11.3 Å². The number of nitrogens with two attached hydrogens (primary N) is 1. The lowest BCUT2D eigenvalue weighted by Gasteiger charge is -2.11. The van der Waals surface area contributed by atoms with Gasteiger partial charge >= 0.3 is 12.1 Å². The number of hydrogen-bond acceptors (Lipinski definition) is 3. The molecule has 0 aliphatic heterocycles. The largest absolute Gasteiger partial charge is 0.490 e. The van der Waals surface area contributed by atoms with Crippen LogP contribution >= 0.6 is 0 Å². The molecule has 18 heavy (non-hydrogen) atoms. The van der Waals surface area contributed by atoms with E-state index in [0.717, 1.165) is 0 Å². The fourth-order valence-corrected chi connectivity index (χ4v) is 0.930. The lowest BCUT2D eigenvalue weighted by atomic mass is 10.2. The number of benzene rings is 1. The van der Waals surface area contributed by atoms with E-state index in [-0.39, 0.29) is 0 Å². The van der Waals surface area contributed by atoms with Crippen molar-refractivity contribution in [3.8, 4) is 0 Å². The number of hydrogen-bond donors (Lipinski definition) is 2. The van der Waals surface area contributed by atoms with Crippen LogP contribution in [0, 0.1) is 0 Å². The van der Waals surface area contributed by atoms with Crippen molar-refractivity contribution in [2.45, 2.75) is 12.7 Å². The van der Waals surface area contributed by atoms with Crippen LogP contribution in [0.5, 0.6) is 0 Å². The van der Waals surface area contributed by atoms with E-state index in [2.05, 4.69) is 29.2 Å². The predicted molar refractivity (Wildman–Crippen MR) is 62.4 cm³/mol. The molecule has 4 nitrogen and oxygen atoms in total. The second-order valence-electron chi connectivity index (χ2n) is 3.57. The van der Waals surface area contributed by atoms with Crippen molar-refractivity contribution in [1.82, 2.24) is 0 Å². The molecule has 0 radical (unpaired) electrons. The van der Waals surface area contributed by atoms with Gasteiger partial charge in [-0.1, -0.05) is 12.1 Å². The van der Waals surface area contributed by atoms with E-state index in [9.17, 15) is 13.2 Å². The van der Waals surface area contributed by atoms with E-state index in [4.69, 9.17) is 15.6 Å². The van der Waals surface area contributed by atoms with Gasteiger partial charge in [-0.2, -0.15) is 13.2 Å². The molecule has 1 rings (SSSR count). The van der Waals surface area contributed by atoms with Gasteiger partial charge in [-0.25, -0.2) is 4.79 Å². The molecular formula is C11H15F3N2O2. The fourth-order valence-electron chi connectivity index (χ4n) is 0.930.